The van der Waals surface area contributed by atoms with Crippen molar-refractivity contribution in [2.45, 2.75) is 38.1 Å². The summed E-state index contributed by atoms with van der Waals surface area (Å²) in [5, 5.41) is 0. The number of ether oxygens (including phenoxy) is 4. The van der Waals surface area contributed by atoms with Gasteiger partial charge in [-0.05, 0) is 25.5 Å². The van der Waals surface area contributed by atoms with Crippen LogP contribution in [0.4, 0.5) is 0 Å². The van der Waals surface area contributed by atoms with Gasteiger partial charge >= 0.3 is 0 Å². The zero-order valence-electron chi connectivity index (χ0n) is 10.4. The van der Waals surface area contributed by atoms with Gasteiger partial charge in [0.25, 0.3) is 0 Å². The molecule has 3 heterocycles. The maximum Gasteiger partial charge on any atom is 0.166 e. The molecule has 0 aromatic carbocycles. The lowest BCUT2D eigenvalue weighted by Crippen LogP contribution is -2.60. The second kappa shape index (κ2) is 3.42. The molecule has 3 saturated heterocycles. The molecule has 1 aliphatic carbocycles. The maximum absolute atomic E-state index is 12.2. The van der Waals surface area contributed by atoms with E-state index < -0.39 is 5.79 Å². The Bertz CT molecular complexity index is 441. The SMILES string of the molecule is CC1(C)OCC2OC3OCC4=CC(=O)C(C2O1)C43. The number of allylic oxidation sites excluding steroid dienone is 1. The molecule has 18 heavy (non-hydrogen) atoms. The van der Waals surface area contributed by atoms with Crippen molar-refractivity contribution < 1.29 is 23.7 Å². The van der Waals surface area contributed by atoms with Gasteiger partial charge in [0.15, 0.2) is 17.9 Å². The molecule has 4 rings (SSSR count). The van der Waals surface area contributed by atoms with Crippen molar-refractivity contribution >= 4 is 5.78 Å². The van der Waals surface area contributed by atoms with Gasteiger partial charge in [0.05, 0.1) is 19.1 Å². The number of rotatable bonds is 0. The quantitative estimate of drug-likeness (QED) is 0.633. The van der Waals surface area contributed by atoms with Crippen molar-refractivity contribution in [1.29, 1.82) is 0 Å². The van der Waals surface area contributed by atoms with Crippen LogP contribution in [0.2, 0.25) is 0 Å². The fourth-order valence-corrected chi connectivity index (χ4v) is 3.45. The van der Waals surface area contributed by atoms with Crippen LogP contribution in [0.1, 0.15) is 13.8 Å². The topological polar surface area (TPSA) is 54.0 Å². The van der Waals surface area contributed by atoms with Gasteiger partial charge in [0.1, 0.15) is 12.2 Å². The second-order valence-corrected chi connectivity index (χ2v) is 5.82. The molecule has 0 N–H and O–H groups in total. The van der Waals surface area contributed by atoms with Gasteiger partial charge in [-0.3, -0.25) is 4.79 Å². The third-order valence-electron chi connectivity index (χ3n) is 4.22. The maximum atomic E-state index is 12.2. The summed E-state index contributed by atoms with van der Waals surface area (Å²) < 4.78 is 23.0. The first-order chi connectivity index (χ1) is 8.55. The Morgan fingerprint density at radius 2 is 2.17 bits per heavy atom. The zero-order valence-corrected chi connectivity index (χ0v) is 10.4. The average molecular weight is 252 g/mol. The predicted octanol–water partition coefficient (Wildman–Crippen LogP) is 0.634. The number of carbonyl (C=O) groups excluding carboxylic acids is 1. The lowest BCUT2D eigenvalue weighted by atomic mass is 9.81. The zero-order chi connectivity index (χ0) is 12.5. The highest BCUT2D eigenvalue weighted by Crippen LogP contribution is 2.48. The minimum atomic E-state index is -0.653. The molecule has 5 atom stereocenters. The largest absolute Gasteiger partial charge is 0.348 e. The van der Waals surface area contributed by atoms with E-state index >= 15 is 0 Å². The molecule has 5 nitrogen and oxygen atoms in total. The van der Waals surface area contributed by atoms with Gasteiger partial charge in [-0.25, -0.2) is 0 Å². The minimum Gasteiger partial charge on any atom is -0.348 e. The third kappa shape index (κ3) is 1.39. The Labute approximate surface area is 105 Å². The molecular formula is C13H16O5. The number of hydrogen-bond acceptors (Lipinski definition) is 5. The summed E-state index contributed by atoms with van der Waals surface area (Å²) in [7, 11) is 0. The molecule has 3 fully saturated rings. The van der Waals surface area contributed by atoms with E-state index in [1.54, 1.807) is 6.08 Å². The summed E-state index contributed by atoms with van der Waals surface area (Å²) in [6.45, 7) is 4.69. The van der Waals surface area contributed by atoms with Crippen molar-refractivity contribution in [2.24, 2.45) is 11.8 Å². The van der Waals surface area contributed by atoms with Crippen LogP contribution in [0.25, 0.3) is 0 Å². The second-order valence-electron chi connectivity index (χ2n) is 5.82. The van der Waals surface area contributed by atoms with Crippen LogP contribution in [-0.2, 0) is 23.7 Å². The minimum absolute atomic E-state index is 0.0487. The van der Waals surface area contributed by atoms with E-state index in [1.807, 2.05) is 13.8 Å². The van der Waals surface area contributed by atoms with Gasteiger partial charge < -0.3 is 18.9 Å². The Kier molecular flexibility index (Phi) is 2.11. The van der Waals surface area contributed by atoms with Crippen LogP contribution in [0, 0.1) is 11.8 Å². The van der Waals surface area contributed by atoms with E-state index in [0.29, 0.717) is 13.2 Å². The molecule has 3 aliphatic heterocycles. The molecule has 0 aromatic rings. The number of fused-ring (bicyclic) bond motifs is 2. The molecule has 5 unspecified atom stereocenters. The Morgan fingerprint density at radius 3 is 3.00 bits per heavy atom. The van der Waals surface area contributed by atoms with Crippen LogP contribution in [-0.4, -0.2) is 43.3 Å². The monoisotopic (exact) mass is 252 g/mol. The van der Waals surface area contributed by atoms with Crippen molar-refractivity contribution in [3.05, 3.63) is 11.6 Å². The van der Waals surface area contributed by atoms with Crippen LogP contribution in [0.5, 0.6) is 0 Å². The molecule has 0 saturated carbocycles. The van der Waals surface area contributed by atoms with Gasteiger partial charge in [-0.15, -0.1) is 0 Å². The standard InChI is InChI=1S/C13H16O5/c1-13(2)16-5-8-11(18-13)10-7(14)3-6-4-15-12(17-8)9(6)10/h3,8-12H,4-5H2,1-2H3. The van der Waals surface area contributed by atoms with E-state index in [4.69, 9.17) is 18.9 Å². The Balaban J connectivity index is 1.70. The highest BCUT2D eigenvalue weighted by atomic mass is 16.8. The molecule has 0 radical (unpaired) electrons. The van der Waals surface area contributed by atoms with Crippen molar-refractivity contribution in [1.82, 2.24) is 0 Å². The molecule has 4 aliphatic rings. The van der Waals surface area contributed by atoms with Crippen LogP contribution in [0.15, 0.2) is 11.6 Å². The van der Waals surface area contributed by atoms with Crippen molar-refractivity contribution in [3.63, 3.8) is 0 Å². The smallest absolute Gasteiger partial charge is 0.166 e. The molecule has 5 heteroatoms. The van der Waals surface area contributed by atoms with E-state index in [2.05, 4.69) is 0 Å². The fraction of sp³-hybridized carbons (Fsp3) is 0.769. The number of ketones is 1. The van der Waals surface area contributed by atoms with Crippen LogP contribution < -0.4 is 0 Å². The third-order valence-corrected chi connectivity index (χ3v) is 4.22. The first kappa shape index (κ1) is 11.1. The predicted molar refractivity (Wildman–Crippen MR) is 59.6 cm³/mol. The molecule has 0 amide bonds. The summed E-state index contributed by atoms with van der Waals surface area (Å²) in [6.07, 6.45) is 0.978. The summed E-state index contributed by atoms with van der Waals surface area (Å²) in [6, 6.07) is 0. The fourth-order valence-electron chi connectivity index (χ4n) is 3.45. The van der Waals surface area contributed by atoms with Gasteiger partial charge in [-0.1, -0.05) is 0 Å². The molecule has 0 spiro atoms. The van der Waals surface area contributed by atoms with E-state index in [9.17, 15) is 4.79 Å². The number of hydrogen-bond donors (Lipinski definition) is 0. The Morgan fingerprint density at radius 1 is 1.33 bits per heavy atom. The van der Waals surface area contributed by atoms with Gasteiger partial charge in [0, 0.05) is 5.92 Å². The van der Waals surface area contributed by atoms with E-state index in [1.165, 1.54) is 0 Å². The van der Waals surface area contributed by atoms with E-state index in [0.717, 1.165) is 5.57 Å². The molecule has 0 bridgehead atoms. The summed E-state index contributed by atoms with van der Waals surface area (Å²) in [5.74, 6) is -0.610. The number of carbonyl (C=O) groups is 1. The van der Waals surface area contributed by atoms with Crippen LogP contribution in [0.3, 0.4) is 0 Å². The normalized spacial score (nSPS) is 48.7. The molecule has 0 aromatic heterocycles. The van der Waals surface area contributed by atoms with Gasteiger partial charge in [-0.2, -0.15) is 0 Å². The Hall–Kier alpha value is -0.750. The summed E-state index contributed by atoms with van der Waals surface area (Å²) in [5.41, 5.74) is 1.06. The summed E-state index contributed by atoms with van der Waals surface area (Å²) in [4.78, 5) is 12.2. The van der Waals surface area contributed by atoms with Crippen LogP contribution >= 0.6 is 0 Å². The van der Waals surface area contributed by atoms with Gasteiger partial charge in [0.2, 0.25) is 0 Å². The molecular weight excluding hydrogens is 236 g/mol. The summed E-state index contributed by atoms with van der Waals surface area (Å²) >= 11 is 0. The average Bonchev–Trinajstić information content (AvgIpc) is 2.82. The highest BCUT2D eigenvalue weighted by Gasteiger charge is 2.58. The lowest BCUT2D eigenvalue weighted by Gasteiger charge is -2.48. The van der Waals surface area contributed by atoms with Crippen molar-refractivity contribution in [2.75, 3.05) is 13.2 Å². The first-order valence-corrected chi connectivity index (χ1v) is 6.38. The highest BCUT2D eigenvalue weighted by molar-refractivity contribution is 5.96. The van der Waals surface area contributed by atoms with E-state index in [-0.39, 0.29) is 36.1 Å². The first-order valence-electron chi connectivity index (χ1n) is 6.38. The molecule has 98 valence electrons. The lowest BCUT2D eigenvalue weighted by molar-refractivity contribution is -0.355. The van der Waals surface area contributed by atoms with Crippen molar-refractivity contribution in [3.8, 4) is 0 Å².